The van der Waals surface area contributed by atoms with Crippen LogP contribution >= 0.6 is 57.1 Å². The number of nitrogens with one attached hydrogen (secondary N) is 4. The zero-order valence-electron chi connectivity index (χ0n) is 59.0. The molecule has 5 aliphatic heterocycles. The molecular formula is C56H78N17O26P5S6. The number of thiol groups is 2. The van der Waals surface area contributed by atoms with E-state index in [-0.39, 0.29) is 95.3 Å². The number of nitrogens with zero attached hydrogens (tertiary/aromatic N) is 10. The van der Waals surface area contributed by atoms with E-state index in [2.05, 4.69) is 57.1 Å². The summed E-state index contributed by atoms with van der Waals surface area (Å²) < 4.78 is 113. The molecule has 0 radical (unpaired) electrons. The van der Waals surface area contributed by atoms with Gasteiger partial charge in [-0.15, -0.1) is 0 Å². The Balaban J connectivity index is 0.759. The number of anilines is 3. The van der Waals surface area contributed by atoms with Crippen LogP contribution in [-0.2, 0) is 121 Å². The Labute approximate surface area is 651 Å². The Morgan fingerprint density at radius 2 is 0.927 bits per heavy atom. The minimum Gasteiger partial charge on any atom is -0.383 e. The van der Waals surface area contributed by atoms with Gasteiger partial charge in [0.2, 0.25) is 17.6 Å². The fourth-order valence-corrected chi connectivity index (χ4v) is 21.3. The van der Waals surface area contributed by atoms with Gasteiger partial charge in [0.05, 0.1) is 75.7 Å². The van der Waals surface area contributed by atoms with Crippen molar-refractivity contribution >= 4 is 144 Å². The fourth-order valence-electron chi connectivity index (χ4n) is 12.9. The highest BCUT2D eigenvalue weighted by Gasteiger charge is 2.49. The summed E-state index contributed by atoms with van der Waals surface area (Å²) in [7, 11) is 0. The maximum Gasteiger partial charge on any atom is 0.386 e. The number of nitrogen functional groups attached to an aromatic ring is 3. The lowest BCUT2D eigenvalue weighted by atomic mass is 9.89. The van der Waals surface area contributed by atoms with Gasteiger partial charge in [0.1, 0.15) is 67.5 Å². The molecule has 20 atom stereocenters. The van der Waals surface area contributed by atoms with E-state index in [1.807, 2.05) is 13.8 Å². The van der Waals surface area contributed by atoms with Crippen LogP contribution < -0.4 is 56.5 Å². The summed E-state index contributed by atoms with van der Waals surface area (Å²) in [5.74, 6) is -0.705. The highest BCUT2D eigenvalue weighted by atomic mass is 32.9. The maximum atomic E-state index is 14.4. The lowest BCUT2D eigenvalue weighted by molar-refractivity contribution is -0.0545. The van der Waals surface area contributed by atoms with Crippen LogP contribution in [0.2, 0.25) is 0 Å². The lowest BCUT2D eigenvalue weighted by Gasteiger charge is -2.29. The lowest BCUT2D eigenvalue weighted by Crippen LogP contribution is -2.33. The summed E-state index contributed by atoms with van der Waals surface area (Å²) in [5, 5.41) is 0. The van der Waals surface area contributed by atoms with Crippen molar-refractivity contribution in [3.05, 3.63) is 121 Å². The van der Waals surface area contributed by atoms with E-state index in [9.17, 15) is 52.8 Å². The normalized spacial score (nSPS) is 28.7. The van der Waals surface area contributed by atoms with Crippen LogP contribution in [0, 0.1) is 25.7 Å². The first kappa shape index (κ1) is 84.5. The van der Waals surface area contributed by atoms with E-state index < -0.39 is 190 Å². The molecule has 0 spiro atoms. The van der Waals surface area contributed by atoms with Crippen LogP contribution in [0.1, 0.15) is 109 Å². The largest absolute Gasteiger partial charge is 0.386 e. The van der Waals surface area contributed by atoms with Gasteiger partial charge in [-0.3, -0.25) is 71.0 Å². The predicted octanol–water partition coefficient (Wildman–Crippen LogP) is 2.96. The van der Waals surface area contributed by atoms with Crippen molar-refractivity contribution in [1.29, 1.82) is 0 Å². The number of H-pyrrole nitrogens is 4. The topological polar surface area (TPSA) is 566 Å². The zero-order chi connectivity index (χ0) is 79.6. The highest BCUT2D eigenvalue weighted by Crippen LogP contribution is 2.61. The highest BCUT2D eigenvalue weighted by molar-refractivity contribution is 8.60. The number of hydrogen-bond donors (Lipinski definition) is 12. The van der Waals surface area contributed by atoms with Gasteiger partial charge in [-0.1, -0.05) is 38.3 Å². The van der Waals surface area contributed by atoms with Crippen molar-refractivity contribution < 1.29 is 88.2 Å². The van der Waals surface area contributed by atoms with Gasteiger partial charge in [0.25, 0.3) is 22.2 Å². The van der Waals surface area contributed by atoms with Crippen LogP contribution in [0.3, 0.4) is 0 Å². The van der Waals surface area contributed by atoms with E-state index in [1.54, 1.807) is 20.8 Å². The van der Waals surface area contributed by atoms with Crippen molar-refractivity contribution in [2.45, 2.75) is 172 Å². The monoisotopic (exact) mass is 1750 g/mol. The van der Waals surface area contributed by atoms with Crippen molar-refractivity contribution in [1.82, 2.24) is 67.7 Å². The second-order valence-corrected chi connectivity index (χ2v) is 43.8. The predicted molar refractivity (Wildman–Crippen MR) is 411 cm³/mol. The van der Waals surface area contributed by atoms with E-state index in [4.69, 9.17) is 146 Å². The van der Waals surface area contributed by atoms with Gasteiger partial charge in [0, 0.05) is 55.4 Å². The molecule has 110 heavy (non-hydrogen) atoms. The van der Waals surface area contributed by atoms with E-state index >= 15 is 0 Å². The molecule has 5 fully saturated rings. The van der Waals surface area contributed by atoms with Gasteiger partial charge in [-0.05, 0) is 106 Å². The van der Waals surface area contributed by atoms with Crippen LogP contribution in [-0.4, -0.2) is 176 Å². The number of aromatic nitrogens is 14. The Hall–Kier alpha value is -4.85. The van der Waals surface area contributed by atoms with E-state index in [1.165, 1.54) is 64.9 Å². The molecule has 7 aromatic heterocycles. The number of aryl methyl sites for hydroxylation is 2. The molecule has 604 valence electrons. The van der Waals surface area contributed by atoms with Crippen LogP contribution in [0.4, 0.5) is 17.7 Å². The number of imidazole rings is 2. The molecule has 54 heteroatoms. The summed E-state index contributed by atoms with van der Waals surface area (Å²) in [4.78, 5) is 155. The SMILES string of the molecule is Cc1cn([C@H]2CC(OP(=O)(S)OC[C@H]3O[C@@H](n4ccc(N)nc4=O)CC3C(C)C)[C@@H](COP(=S)(S)OC3C[C@H](n4cnc5c(=O)[nH]c(N)nc54)O[C@@H]3COP(O)(=S)OC3C[C@H](n4cc(C)c(=O)[nH]c4=O)O[C@@H]3COP(O)(=S)OC3C[C@H](n4cnc5c(=O)[nH]c(N)nc54)O[C@@H]3COP(O)(=S)OC(C)(C)C)O2)c(=O)[nH]c1=O. The minimum absolute atomic E-state index is 0.0114. The van der Waals surface area contributed by atoms with Gasteiger partial charge < -0.3 is 91.8 Å². The number of fused-ring (bicyclic) bond motifs is 2. The molecule has 12 heterocycles. The summed E-state index contributed by atoms with van der Waals surface area (Å²) in [6.45, 7) is -8.51. The fraction of sp³-hybridized carbons (Fsp3) is 0.607. The quantitative estimate of drug-likeness (QED) is 0.0227. The Bertz CT molecular complexity index is 5330. The van der Waals surface area contributed by atoms with E-state index in [0.717, 1.165) is 9.13 Å². The number of rotatable bonds is 30. The summed E-state index contributed by atoms with van der Waals surface area (Å²) in [5.41, 5.74) is 7.67. The third-order valence-electron chi connectivity index (χ3n) is 17.9. The van der Waals surface area contributed by atoms with Crippen LogP contribution in [0.5, 0.6) is 0 Å². The third kappa shape index (κ3) is 20.3. The van der Waals surface area contributed by atoms with Crippen molar-refractivity contribution in [2.75, 3.05) is 50.2 Å². The smallest absolute Gasteiger partial charge is 0.383 e. The van der Waals surface area contributed by atoms with Gasteiger partial charge in [0.15, 0.2) is 22.3 Å². The van der Waals surface area contributed by atoms with Crippen molar-refractivity contribution in [2.24, 2.45) is 11.8 Å². The molecule has 7 aromatic rings. The summed E-state index contributed by atoms with van der Waals surface area (Å²) in [6.07, 6.45) is -10.4. The summed E-state index contributed by atoms with van der Waals surface area (Å²) >= 11 is 31.5. The molecule has 0 saturated carbocycles. The molecule has 0 amide bonds. The molecule has 0 aromatic carbocycles. The first-order chi connectivity index (χ1) is 51.4. The molecule has 43 nitrogen and oxygen atoms in total. The Kier molecular flexibility index (Phi) is 25.7. The first-order valence-corrected chi connectivity index (χ1v) is 47.7. The minimum atomic E-state index is -4.61. The van der Waals surface area contributed by atoms with Crippen molar-refractivity contribution in [3.63, 3.8) is 0 Å². The zero-order valence-corrected chi connectivity index (χ0v) is 68.5. The van der Waals surface area contributed by atoms with Gasteiger partial charge in [-0.2, -0.15) is 15.0 Å². The molecule has 0 bridgehead atoms. The molecule has 5 aliphatic rings. The molecule has 13 N–H and O–H groups in total. The number of nitrogens with two attached hydrogens (primary N) is 3. The Morgan fingerprint density at radius 1 is 0.536 bits per heavy atom. The first-order valence-electron chi connectivity index (χ1n) is 33.5. The standard InChI is InChI=1S/C56H78N17O26P5S6/c1-24(2)27-10-38(69-9-8-37(57)62-53(69)78)90-32(27)17-85-100(81,105)96-29-12-40(71-16-26(4)48(75)68-55(71)80)92-36(29)21-89-104(109,110)98-31-14-42(73-23-61-44-46(73)64-52(59)66-50(44)77)94-35(31)19-87-102(83,107)95-28-11-39(70-15-25(3)47(74)67-54(70)79)91-33(28)18-86-101(82,106)97-30-13-41(72-22-60-43-45(72)63-51(58)65-49(43)76)93-34(30)20-88-103(84,108)99-56(5,6)7/h8-9,15-16,22-24,27-36,38-42H,10-14,17-21H2,1-7H3,(H,81,105)(H,82,106)(H,83,107)(H,84,108)(H,109,110)(H2,57,62,78)(H,67,74,79)(H,68,75,80)(H3,58,63,65,76)(H3,59,64,66,77)/t27?,28?,29?,30?,31?,32-,33-,34-,35-,36-,38-,39-,40-,41-,42-,100?,101?,102?,103?/m1/s1. The van der Waals surface area contributed by atoms with Gasteiger partial charge in [-0.25, -0.2) is 28.9 Å². The maximum absolute atomic E-state index is 14.4. The molecule has 5 saturated heterocycles. The van der Waals surface area contributed by atoms with E-state index in [0.29, 0.717) is 6.42 Å². The molecule has 0 aliphatic carbocycles. The number of ether oxygens (including phenoxy) is 5. The van der Waals surface area contributed by atoms with Crippen molar-refractivity contribution in [3.8, 4) is 0 Å². The number of aromatic amines is 4. The Morgan fingerprint density at radius 3 is 1.36 bits per heavy atom. The average Bonchev–Trinajstić information content (AvgIpc) is 1.61. The molecular weight excluding hydrogens is 1670 g/mol. The molecule has 12 rings (SSSR count). The van der Waals surface area contributed by atoms with Crippen LogP contribution in [0.25, 0.3) is 22.3 Å². The van der Waals surface area contributed by atoms with Crippen LogP contribution in [0.15, 0.2) is 70.9 Å². The molecule has 10 unspecified atom stereocenters. The second-order valence-electron chi connectivity index (χ2n) is 27.4. The summed E-state index contributed by atoms with van der Waals surface area (Å²) in [6, 6.07) is 1.45. The number of hydrogen-bond acceptors (Lipinski definition) is 35. The second kappa shape index (κ2) is 33.4. The average molecular weight is 1750 g/mol. The third-order valence-corrected chi connectivity index (χ3v) is 26.8. The van der Waals surface area contributed by atoms with Gasteiger partial charge >= 0.3 is 44.0 Å².